The number of hydrogen-bond donors (Lipinski definition) is 1. The third-order valence-corrected chi connectivity index (χ3v) is 4.56. The predicted molar refractivity (Wildman–Crippen MR) is 78.8 cm³/mol. The molecule has 0 aromatic heterocycles. The average Bonchev–Trinajstić information content (AvgIpc) is 2.41. The van der Waals surface area contributed by atoms with Crippen LogP contribution in [0.25, 0.3) is 0 Å². The summed E-state index contributed by atoms with van der Waals surface area (Å²) in [4.78, 5) is 0. The standard InChI is InChI=1S/C17H27N/c1-13-9-10-16(11-14(13)2)12-18-15(3)17-7-5-4-6-8-17/h9-11,15,17-18H,4-8,12H2,1-3H3/t15-/m0/s1. The summed E-state index contributed by atoms with van der Waals surface area (Å²) >= 11 is 0. The van der Waals surface area contributed by atoms with Crippen LogP contribution < -0.4 is 5.32 Å². The van der Waals surface area contributed by atoms with E-state index in [4.69, 9.17) is 0 Å². The Kier molecular flexibility index (Phi) is 4.82. The molecular weight excluding hydrogens is 218 g/mol. The summed E-state index contributed by atoms with van der Waals surface area (Å²) in [5.41, 5.74) is 4.21. The maximum absolute atomic E-state index is 3.72. The SMILES string of the molecule is Cc1ccc(CN[C@@H](C)C2CCCCC2)cc1C. The molecule has 0 heterocycles. The topological polar surface area (TPSA) is 12.0 Å². The van der Waals surface area contributed by atoms with Crippen LogP contribution in [0.2, 0.25) is 0 Å². The Hall–Kier alpha value is -0.820. The number of nitrogens with one attached hydrogen (secondary N) is 1. The first-order valence-electron chi connectivity index (χ1n) is 7.46. The Balaban J connectivity index is 1.84. The van der Waals surface area contributed by atoms with Crippen molar-refractivity contribution in [2.75, 3.05) is 0 Å². The quantitative estimate of drug-likeness (QED) is 0.831. The van der Waals surface area contributed by atoms with E-state index >= 15 is 0 Å². The van der Waals surface area contributed by atoms with Gasteiger partial charge < -0.3 is 5.32 Å². The number of benzene rings is 1. The molecule has 1 heteroatoms. The van der Waals surface area contributed by atoms with Crippen molar-refractivity contribution in [2.45, 2.75) is 65.5 Å². The molecule has 1 nitrogen and oxygen atoms in total. The van der Waals surface area contributed by atoms with Crippen LogP contribution in [0.5, 0.6) is 0 Å². The minimum atomic E-state index is 0.659. The zero-order chi connectivity index (χ0) is 13.0. The van der Waals surface area contributed by atoms with Gasteiger partial charge >= 0.3 is 0 Å². The second kappa shape index (κ2) is 6.38. The van der Waals surface area contributed by atoms with E-state index in [-0.39, 0.29) is 0 Å². The first-order chi connectivity index (χ1) is 8.66. The summed E-state index contributed by atoms with van der Waals surface area (Å²) < 4.78 is 0. The van der Waals surface area contributed by atoms with Crippen molar-refractivity contribution in [1.29, 1.82) is 0 Å². The molecule has 1 aliphatic carbocycles. The van der Waals surface area contributed by atoms with E-state index in [1.807, 2.05) is 0 Å². The molecule has 0 bridgehead atoms. The zero-order valence-corrected chi connectivity index (χ0v) is 12.1. The summed E-state index contributed by atoms with van der Waals surface area (Å²) in [5.74, 6) is 0.894. The van der Waals surface area contributed by atoms with Gasteiger partial charge in [-0.25, -0.2) is 0 Å². The van der Waals surface area contributed by atoms with E-state index in [2.05, 4.69) is 44.3 Å². The molecule has 0 radical (unpaired) electrons. The molecule has 1 atom stereocenters. The van der Waals surface area contributed by atoms with Gasteiger partial charge in [-0.1, -0.05) is 37.5 Å². The summed E-state index contributed by atoms with van der Waals surface area (Å²) in [6.07, 6.45) is 7.14. The van der Waals surface area contributed by atoms with Crippen molar-refractivity contribution in [2.24, 2.45) is 5.92 Å². The lowest BCUT2D eigenvalue weighted by Gasteiger charge is -2.28. The molecular formula is C17H27N. The number of rotatable bonds is 4. The third-order valence-electron chi connectivity index (χ3n) is 4.56. The lowest BCUT2D eigenvalue weighted by molar-refractivity contribution is 0.280. The Morgan fingerprint density at radius 1 is 1.11 bits per heavy atom. The Morgan fingerprint density at radius 2 is 1.83 bits per heavy atom. The molecule has 1 saturated carbocycles. The Labute approximate surface area is 112 Å². The second-order valence-corrected chi connectivity index (χ2v) is 5.99. The fourth-order valence-corrected chi connectivity index (χ4v) is 2.99. The molecule has 1 fully saturated rings. The van der Waals surface area contributed by atoms with Crippen LogP contribution in [0.1, 0.15) is 55.7 Å². The van der Waals surface area contributed by atoms with Gasteiger partial charge in [-0.05, 0) is 56.2 Å². The largest absolute Gasteiger partial charge is 0.310 e. The highest BCUT2D eigenvalue weighted by Gasteiger charge is 2.19. The molecule has 0 aliphatic heterocycles. The maximum atomic E-state index is 3.72. The van der Waals surface area contributed by atoms with Crippen molar-refractivity contribution < 1.29 is 0 Å². The van der Waals surface area contributed by atoms with Gasteiger partial charge in [-0.15, -0.1) is 0 Å². The minimum absolute atomic E-state index is 0.659. The van der Waals surface area contributed by atoms with Gasteiger partial charge in [0.2, 0.25) is 0 Å². The maximum Gasteiger partial charge on any atom is 0.0208 e. The van der Waals surface area contributed by atoms with E-state index in [1.165, 1.54) is 48.8 Å². The number of hydrogen-bond acceptors (Lipinski definition) is 1. The zero-order valence-electron chi connectivity index (χ0n) is 12.1. The number of aryl methyl sites for hydroxylation is 2. The minimum Gasteiger partial charge on any atom is -0.310 e. The summed E-state index contributed by atoms with van der Waals surface area (Å²) in [6, 6.07) is 7.46. The van der Waals surface area contributed by atoms with Crippen LogP contribution in [0.3, 0.4) is 0 Å². The summed E-state index contributed by atoms with van der Waals surface area (Å²) in [7, 11) is 0. The van der Waals surface area contributed by atoms with Crippen molar-refractivity contribution in [1.82, 2.24) is 5.32 Å². The highest BCUT2D eigenvalue weighted by atomic mass is 14.9. The Morgan fingerprint density at radius 3 is 2.50 bits per heavy atom. The van der Waals surface area contributed by atoms with Crippen molar-refractivity contribution in [3.05, 3.63) is 34.9 Å². The second-order valence-electron chi connectivity index (χ2n) is 5.99. The molecule has 1 aromatic rings. The van der Waals surface area contributed by atoms with E-state index in [0.29, 0.717) is 6.04 Å². The van der Waals surface area contributed by atoms with Gasteiger partial charge in [0, 0.05) is 12.6 Å². The van der Waals surface area contributed by atoms with Gasteiger partial charge in [-0.3, -0.25) is 0 Å². The molecule has 2 rings (SSSR count). The van der Waals surface area contributed by atoms with Gasteiger partial charge in [0.25, 0.3) is 0 Å². The van der Waals surface area contributed by atoms with Crippen molar-refractivity contribution in [3.8, 4) is 0 Å². The molecule has 1 N–H and O–H groups in total. The van der Waals surface area contributed by atoms with Crippen LogP contribution in [-0.2, 0) is 6.54 Å². The summed E-state index contributed by atoms with van der Waals surface area (Å²) in [5, 5.41) is 3.72. The third kappa shape index (κ3) is 3.58. The monoisotopic (exact) mass is 245 g/mol. The fraction of sp³-hybridized carbons (Fsp3) is 0.647. The van der Waals surface area contributed by atoms with Gasteiger partial charge in [-0.2, -0.15) is 0 Å². The highest BCUT2D eigenvalue weighted by Crippen LogP contribution is 2.26. The van der Waals surface area contributed by atoms with Crippen LogP contribution >= 0.6 is 0 Å². The van der Waals surface area contributed by atoms with Crippen molar-refractivity contribution >= 4 is 0 Å². The lowest BCUT2D eigenvalue weighted by Crippen LogP contribution is -2.34. The van der Waals surface area contributed by atoms with E-state index in [9.17, 15) is 0 Å². The van der Waals surface area contributed by atoms with E-state index in [0.717, 1.165) is 12.5 Å². The van der Waals surface area contributed by atoms with Crippen LogP contribution in [0.4, 0.5) is 0 Å². The van der Waals surface area contributed by atoms with E-state index < -0.39 is 0 Å². The molecule has 0 spiro atoms. The van der Waals surface area contributed by atoms with Gasteiger partial charge in [0.15, 0.2) is 0 Å². The molecule has 18 heavy (non-hydrogen) atoms. The van der Waals surface area contributed by atoms with Crippen LogP contribution in [-0.4, -0.2) is 6.04 Å². The van der Waals surface area contributed by atoms with Crippen LogP contribution in [0, 0.1) is 19.8 Å². The molecule has 1 aliphatic rings. The first-order valence-corrected chi connectivity index (χ1v) is 7.46. The summed E-state index contributed by atoms with van der Waals surface area (Å²) in [6.45, 7) is 7.75. The van der Waals surface area contributed by atoms with Crippen molar-refractivity contribution in [3.63, 3.8) is 0 Å². The highest BCUT2D eigenvalue weighted by molar-refractivity contribution is 5.29. The Bertz CT molecular complexity index is 377. The van der Waals surface area contributed by atoms with E-state index in [1.54, 1.807) is 0 Å². The molecule has 0 saturated heterocycles. The van der Waals surface area contributed by atoms with Crippen LogP contribution in [0.15, 0.2) is 18.2 Å². The molecule has 0 unspecified atom stereocenters. The fourth-order valence-electron chi connectivity index (χ4n) is 2.99. The first kappa shape index (κ1) is 13.6. The molecule has 1 aromatic carbocycles. The smallest absolute Gasteiger partial charge is 0.0208 e. The normalized spacial score (nSPS) is 18.8. The predicted octanol–water partition coefficient (Wildman–Crippen LogP) is 4.36. The van der Waals surface area contributed by atoms with Gasteiger partial charge in [0.05, 0.1) is 0 Å². The average molecular weight is 245 g/mol. The van der Waals surface area contributed by atoms with Gasteiger partial charge in [0.1, 0.15) is 0 Å². The lowest BCUT2D eigenvalue weighted by atomic mass is 9.84. The molecule has 100 valence electrons. The molecule has 0 amide bonds.